The Hall–Kier alpha value is -3.34. The molecule has 0 saturated carbocycles. The minimum Gasteiger partial charge on any atom is -0.497 e. The van der Waals surface area contributed by atoms with Gasteiger partial charge in [0, 0.05) is 17.1 Å². The number of ether oxygens (including phenoxy) is 1. The Morgan fingerprint density at radius 3 is 2.71 bits per heavy atom. The molecule has 24 heavy (non-hydrogen) atoms. The van der Waals surface area contributed by atoms with Crippen molar-refractivity contribution in [2.24, 2.45) is 0 Å². The van der Waals surface area contributed by atoms with Crippen molar-refractivity contribution in [1.29, 1.82) is 0 Å². The molecule has 0 spiro atoms. The second-order valence-corrected chi connectivity index (χ2v) is 5.25. The molecule has 0 unspecified atom stereocenters. The van der Waals surface area contributed by atoms with Crippen molar-refractivity contribution in [3.63, 3.8) is 0 Å². The third kappa shape index (κ3) is 2.67. The summed E-state index contributed by atoms with van der Waals surface area (Å²) < 4.78 is 10.7. The van der Waals surface area contributed by atoms with Crippen molar-refractivity contribution in [3.8, 4) is 17.3 Å². The zero-order valence-corrected chi connectivity index (χ0v) is 13.1. The molecule has 0 aliphatic heterocycles. The number of furan rings is 1. The molecule has 2 aromatic heterocycles. The molecule has 2 aromatic carbocycles. The molecule has 118 valence electrons. The molecule has 0 fully saturated rings. The van der Waals surface area contributed by atoms with Gasteiger partial charge in [0.2, 0.25) is 0 Å². The molecular weight excluding hydrogens is 302 g/mol. The maximum atomic E-state index is 5.44. The van der Waals surface area contributed by atoms with Crippen molar-refractivity contribution in [1.82, 2.24) is 9.97 Å². The quantitative estimate of drug-likeness (QED) is 0.594. The van der Waals surface area contributed by atoms with Crippen LogP contribution in [0.3, 0.4) is 0 Å². The molecule has 2 heterocycles. The first-order valence-electron chi connectivity index (χ1n) is 7.55. The van der Waals surface area contributed by atoms with Gasteiger partial charge in [0.1, 0.15) is 11.6 Å². The van der Waals surface area contributed by atoms with Crippen LogP contribution in [0.25, 0.3) is 22.5 Å². The molecule has 0 atom stereocenters. The van der Waals surface area contributed by atoms with Crippen molar-refractivity contribution in [3.05, 3.63) is 66.9 Å². The molecular formula is C19H15N3O2. The highest BCUT2D eigenvalue weighted by Gasteiger charge is 2.11. The first kappa shape index (κ1) is 14.3. The monoisotopic (exact) mass is 317 g/mol. The predicted molar refractivity (Wildman–Crippen MR) is 93.5 cm³/mol. The SMILES string of the molecule is COc1cccc(Nc2nc(-c3ccco3)nc3ccccc23)c1. The number of nitrogens with one attached hydrogen (secondary N) is 1. The van der Waals surface area contributed by atoms with Crippen LogP contribution in [0.1, 0.15) is 0 Å². The maximum absolute atomic E-state index is 5.44. The van der Waals surface area contributed by atoms with Gasteiger partial charge in [-0.05, 0) is 36.4 Å². The molecule has 4 rings (SSSR count). The van der Waals surface area contributed by atoms with Crippen LogP contribution in [-0.2, 0) is 0 Å². The Morgan fingerprint density at radius 2 is 1.88 bits per heavy atom. The van der Waals surface area contributed by atoms with Crippen LogP contribution < -0.4 is 10.1 Å². The average Bonchev–Trinajstić information content (AvgIpc) is 3.16. The number of fused-ring (bicyclic) bond motifs is 1. The Bertz CT molecular complexity index is 981. The van der Waals surface area contributed by atoms with E-state index in [1.807, 2.05) is 60.7 Å². The number of nitrogens with zero attached hydrogens (tertiary/aromatic N) is 2. The summed E-state index contributed by atoms with van der Waals surface area (Å²) in [4.78, 5) is 9.22. The van der Waals surface area contributed by atoms with Crippen LogP contribution in [0.15, 0.2) is 71.3 Å². The Labute approximate surface area is 138 Å². The molecule has 4 aromatic rings. The fourth-order valence-corrected chi connectivity index (χ4v) is 2.53. The average molecular weight is 317 g/mol. The van der Waals surface area contributed by atoms with E-state index >= 15 is 0 Å². The summed E-state index contributed by atoms with van der Waals surface area (Å²) in [6.45, 7) is 0. The molecule has 0 bridgehead atoms. The lowest BCUT2D eigenvalue weighted by atomic mass is 10.2. The van der Waals surface area contributed by atoms with Crippen LogP contribution in [0.4, 0.5) is 11.5 Å². The number of hydrogen-bond acceptors (Lipinski definition) is 5. The van der Waals surface area contributed by atoms with E-state index in [4.69, 9.17) is 9.15 Å². The predicted octanol–water partition coefficient (Wildman–Crippen LogP) is 4.64. The molecule has 0 aliphatic carbocycles. The van der Waals surface area contributed by atoms with Crippen LogP contribution in [0.2, 0.25) is 0 Å². The van der Waals surface area contributed by atoms with Gasteiger partial charge >= 0.3 is 0 Å². The zero-order chi connectivity index (χ0) is 16.4. The second-order valence-electron chi connectivity index (χ2n) is 5.25. The Balaban J connectivity index is 1.83. The lowest BCUT2D eigenvalue weighted by Gasteiger charge is -2.11. The first-order chi connectivity index (χ1) is 11.8. The van der Waals surface area contributed by atoms with Gasteiger partial charge < -0.3 is 14.5 Å². The van der Waals surface area contributed by atoms with Crippen LogP contribution in [-0.4, -0.2) is 17.1 Å². The van der Waals surface area contributed by atoms with Gasteiger partial charge in [-0.3, -0.25) is 0 Å². The van der Waals surface area contributed by atoms with E-state index in [2.05, 4.69) is 15.3 Å². The summed E-state index contributed by atoms with van der Waals surface area (Å²) >= 11 is 0. The molecule has 0 amide bonds. The van der Waals surface area contributed by atoms with E-state index < -0.39 is 0 Å². The fourth-order valence-electron chi connectivity index (χ4n) is 2.53. The number of benzene rings is 2. The molecule has 5 nitrogen and oxygen atoms in total. The molecule has 0 aliphatic rings. The molecule has 1 N–H and O–H groups in total. The van der Waals surface area contributed by atoms with Crippen molar-refractivity contribution >= 4 is 22.4 Å². The van der Waals surface area contributed by atoms with Crippen molar-refractivity contribution in [2.45, 2.75) is 0 Å². The molecule has 0 saturated heterocycles. The Morgan fingerprint density at radius 1 is 0.958 bits per heavy atom. The number of anilines is 2. The third-order valence-electron chi connectivity index (χ3n) is 3.68. The summed E-state index contributed by atoms with van der Waals surface area (Å²) in [5, 5.41) is 4.29. The van der Waals surface area contributed by atoms with Gasteiger partial charge in [-0.15, -0.1) is 0 Å². The lowest BCUT2D eigenvalue weighted by Crippen LogP contribution is -1.99. The van der Waals surface area contributed by atoms with Gasteiger partial charge in [-0.25, -0.2) is 9.97 Å². The Kier molecular flexibility index (Phi) is 3.59. The summed E-state index contributed by atoms with van der Waals surface area (Å²) in [6, 6.07) is 19.3. The van der Waals surface area contributed by atoms with E-state index in [0.717, 1.165) is 28.2 Å². The van der Waals surface area contributed by atoms with Crippen molar-refractivity contribution in [2.75, 3.05) is 12.4 Å². The zero-order valence-electron chi connectivity index (χ0n) is 13.1. The second kappa shape index (κ2) is 6.04. The van der Waals surface area contributed by atoms with E-state index in [0.29, 0.717) is 11.6 Å². The number of methoxy groups -OCH3 is 1. The van der Waals surface area contributed by atoms with Crippen LogP contribution >= 0.6 is 0 Å². The summed E-state index contributed by atoms with van der Waals surface area (Å²) in [7, 11) is 1.65. The topological polar surface area (TPSA) is 60.2 Å². The summed E-state index contributed by atoms with van der Waals surface area (Å²) in [6.07, 6.45) is 1.61. The van der Waals surface area contributed by atoms with Gasteiger partial charge in [-0.1, -0.05) is 18.2 Å². The minimum atomic E-state index is 0.545. The normalized spacial score (nSPS) is 10.7. The third-order valence-corrected chi connectivity index (χ3v) is 3.68. The highest BCUT2D eigenvalue weighted by Crippen LogP contribution is 2.28. The first-order valence-corrected chi connectivity index (χ1v) is 7.55. The lowest BCUT2D eigenvalue weighted by molar-refractivity contribution is 0.415. The number of aromatic nitrogens is 2. The largest absolute Gasteiger partial charge is 0.497 e. The molecule has 5 heteroatoms. The van der Waals surface area contributed by atoms with Gasteiger partial charge in [0.05, 0.1) is 18.9 Å². The summed E-state index contributed by atoms with van der Waals surface area (Å²) in [5.41, 5.74) is 1.74. The maximum Gasteiger partial charge on any atom is 0.198 e. The van der Waals surface area contributed by atoms with Crippen molar-refractivity contribution < 1.29 is 9.15 Å². The van der Waals surface area contributed by atoms with Gasteiger partial charge in [0.25, 0.3) is 0 Å². The van der Waals surface area contributed by atoms with E-state index in [9.17, 15) is 0 Å². The smallest absolute Gasteiger partial charge is 0.198 e. The van der Waals surface area contributed by atoms with Crippen LogP contribution in [0, 0.1) is 0 Å². The number of rotatable bonds is 4. The summed E-state index contributed by atoms with van der Waals surface area (Å²) in [5.74, 6) is 2.68. The standard InChI is InChI=1S/C19H15N3O2/c1-23-14-7-4-6-13(12-14)20-18-15-8-2-3-9-16(15)21-19(22-18)17-10-5-11-24-17/h2-12H,1H3,(H,20,21,22). The van der Waals surface area contributed by atoms with Gasteiger partial charge in [0.15, 0.2) is 11.6 Å². The highest BCUT2D eigenvalue weighted by molar-refractivity contribution is 5.92. The number of hydrogen-bond donors (Lipinski definition) is 1. The molecule has 0 radical (unpaired) electrons. The highest BCUT2D eigenvalue weighted by atomic mass is 16.5. The van der Waals surface area contributed by atoms with Crippen LogP contribution in [0.5, 0.6) is 5.75 Å². The van der Waals surface area contributed by atoms with E-state index in [-0.39, 0.29) is 0 Å². The number of para-hydroxylation sites is 1. The minimum absolute atomic E-state index is 0.545. The van der Waals surface area contributed by atoms with E-state index in [1.54, 1.807) is 13.4 Å². The van der Waals surface area contributed by atoms with E-state index in [1.165, 1.54) is 0 Å². The van der Waals surface area contributed by atoms with Gasteiger partial charge in [-0.2, -0.15) is 0 Å². The fraction of sp³-hybridized carbons (Fsp3) is 0.0526.